The summed E-state index contributed by atoms with van der Waals surface area (Å²) in [6.07, 6.45) is 0.818. The fraction of sp³-hybridized carbons (Fsp3) is 0.227. The van der Waals surface area contributed by atoms with E-state index >= 15 is 0 Å². The highest BCUT2D eigenvalue weighted by atomic mass is 32.2. The number of hydrogen-bond donors (Lipinski definition) is 1. The van der Waals surface area contributed by atoms with Gasteiger partial charge in [0.2, 0.25) is 0 Å². The third kappa shape index (κ3) is 3.70. The number of hydrogen-bond acceptors (Lipinski definition) is 4. The van der Waals surface area contributed by atoms with Gasteiger partial charge in [0, 0.05) is 16.5 Å². The first-order chi connectivity index (χ1) is 12.5. The first-order valence-corrected chi connectivity index (χ1v) is 9.55. The summed E-state index contributed by atoms with van der Waals surface area (Å²) in [6.45, 7) is 6.25. The summed E-state index contributed by atoms with van der Waals surface area (Å²) in [4.78, 5) is 13.7. The van der Waals surface area contributed by atoms with Crippen LogP contribution in [-0.2, 0) is 6.42 Å². The Morgan fingerprint density at radius 1 is 1.08 bits per heavy atom. The Balaban J connectivity index is 2.03. The maximum Gasteiger partial charge on any atom is 0.354 e. The number of benzene rings is 2. The topological polar surface area (TPSA) is 50.4 Å². The van der Waals surface area contributed by atoms with Gasteiger partial charge < -0.3 is 9.52 Å². The zero-order valence-electron chi connectivity index (χ0n) is 15.2. The average Bonchev–Trinajstić information content (AvgIpc) is 2.64. The molecular formula is C22H22O3S. The van der Waals surface area contributed by atoms with Gasteiger partial charge in [-0.15, -0.1) is 0 Å². The van der Waals surface area contributed by atoms with Crippen molar-refractivity contribution in [2.75, 3.05) is 0 Å². The summed E-state index contributed by atoms with van der Waals surface area (Å²) in [5, 5.41) is 10.5. The summed E-state index contributed by atoms with van der Waals surface area (Å²) in [5.74, 6) is 0.667. The lowest BCUT2D eigenvalue weighted by Crippen LogP contribution is -2.04. The molecule has 0 atom stereocenters. The van der Waals surface area contributed by atoms with Crippen LogP contribution < -0.4 is 5.63 Å². The van der Waals surface area contributed by atoms with E-state index in [1.54, 1.807) is 0 Å². The van der Waals surface area contributed by atoms with Gasteiger partial charge in [-0.05, 0) is 29.5 Å². The lowest BCUT2D eigenvalue weighted by Gasteiger charge is -2.13. The SMILES string of the molecule is CCc1ccccc1-c1cc(O)c(Sc2ccccc2C(C)C)c(=O)o1. The van der Waals surface area contributed by atoms with Crippen molar-refractivity contribution < 1.29 is 9.52 Å². The lowest BCUT2D eigenvalue weighted by atomic mass is 10.0. The molecule has 3 nitrogen and oxygen atoms in total. The molecule has 3 aromatic rings. The monoisotopic (exact) mass is 366 g/mol. The highest BCUT2D eigenvalue weighted by Crippen LogP contribution is 2.38. The molecule has 1 aromatic heterocycles. The zero-order valence-corrected chi connectivity index (χ0v) is 16.0. The highest BCUT2D eigenvalue weighted by molar-refractivity contribution is 7.99. The fourth-order valence-electron chi connectivity index (χ4n) is 2.93. The van der Waals surface area contributed by atoms with Crippen LogP contribution in [0.4, 0.5) is 0 Å². The van der Waals surface area contributed by atoms with Gasteiger partial charge in [0.05, 0.1) is 0 Å². The van der Waals surface area contributed by atoms with E-state index in [0.717, 1.165) is 28.0 Å². The molecule has 0 amide bonds. The van der Waals surface area contributed by atoms with Gasteiger partial charge in [-0.3, -0.25) is 0 Å². The molecule has 4 heteroatoms. The Bertz CT molecular complexity index is 973. The molecule has 0 saturated heterocycles. The Kier molecular flexibility index (Phi) is 5.52. The summed E-state index contributed by atoms with van der Waals surface area (Å²) in [5.41, 5.74) is 2.52. The van der Waals surface area contributed by atoms with Crippen LogP contribution in [0.2, 0.25) is 0 Å². The second-order valence-corrected chi connectivity index (χ2v) is 7.47. The van der Waals surface area contributed by atoms with Crippen LogP contribution in [0.15, 0.2) is 73.6 Å². The van der Waals surface area contributed by atoms with Crippen LogP contribution in [0.3, 0.4) is 0 Å². The molecule has 134 valence electrons. The lowest BCUT2D eigenvalue weighted by molar-refractivity contribution is 0.430. The van der Waals surface area contributed by atoms with Gasteiger partial charge in [-0.25, -0.2) is 4.79 Å². The van der Waals surface area contributed by atoms with Crippen LogP contribution in [0.5, 0.6) is 5.75 Å². The van der Waals surface area contributed by atoms with Crippen LogP contribution in [0.1, 0.15) is 37.8 Å². The number of rotatable bonds is 5. The molecule has 0 unspecified atom stereocenters. The molecule has 0 fully saturated rings. The van der Waals surface area contributed by atoms with E-state index in [1.165, 1.54) is 17.8 Å². The summed E-state index contributed by atoms with van der Waals surface area (Å²) >= 11 is 1.25. The smallest absolute Gasteiger partial charge is 0.354 e. The molecule has 0 aliphatic rings. The molecular weight excluding hydrogens is 344 g/mol. The van der Waals surface area contributed by atoms with E-state index < -0.39 is 5.63 Å². The Morgan fingerprint density at radius 2 is 1.77 bits per heavy atom. The van der Waals surface area contributed by atoms with E-state index in [2.05, 4.69) is 13.8 Å². The molecule has 1 N–H and O–H groups in total. The van der Waals surface area contributed by atoms with Crippen LogP contribution in [0, 0.1) is 0 Å². The maximum atomic E-state index is 12.6. The third-order valence-electron chi connectivity index (χ3n) is 4.31. The van der Waals surface area contributed by atoms with E-state index in [-0.39, 0.29) is 10.6 Å². The van der Waals surface area contributed by atoms with Crippen LogP contribution in [-0.4, -0.2) is 5.11 Å². The van der Waals surface area contributed by atoms with Crippen LogP contribution in [0.25, 0.3) is 11.3 Å². The van der Waals surface area contributed by atoms with Gasteiger partial charge in [0.1, 0.15) is 16.4 Å². The highest BCUT2D eigenvalue weighted by Gasteiger charge is 2.17. The van der Waals surface area contributed by atoms with Crippen molar-refractivity contribution in [1.82, 2.24) is 0 Å². The molecule has 26 heavy (non-hydrogen) atoms. The van der Waals surface area contributed by atoms with Crippen molar-refractivity contribution >= 4 is 11.8 Å². The molecule has 1 heterocycles. The molecule has 0 bridgehead atoms. The fourth-order valence-corrected chi connectivity index (χ4v) is 4.00. The van der Waals surface area contributed by atoms with Crippen molar-refractivity contribution in [2.24, 2.45) is 0 Å². The zero-order chi connectivity index (χ0) is 18.7. The van der Waals surface area contributed by atoms with Crippen molar-refractivity contribution in [1.29, 1.82) is 0 Å². The molecule has 2 aromatic carbocycles. The molecule has 0 aliphatic heterocycles. The Morgan fingerprint density at radius 3 is 2.46 bits per heavy atom. The quantitative estimate of drug-likeness (QED) is 0.615. The molecule has 0 radical (unpaired) electrons. The summed E-state index contributed by atoms with van der Waals surface area (Å²) < 4.78 is 5.55. The van der Waals surface area contributed by atoms with Gasteiger partial charge in [-0.2, -0.15) is 0 Å². The number of aromatic hydroxyl groups is 1. The van der Waals surface area contributed by atoms with Crippen molar-refractivity contribution in [3.63, 3.8) is 0 Å². The van der Waals surface area contributed by atoms with Gasteiger partial charge in [-0.1, -0.05) is 75.0 Å². The minimum absolute atomic E-state index is 0.0503. The average molecular weight is 366 g/mol. The predicted molar refractivity (Wildman–Crippen MR) is 106 cm³/mol. The molecule has 0 spiro atoms. The van der Waals surface area contributed by atoms with E-state index in [9.17, 15) is 9.90 Å². The summed E-state index contributed by atoms with van der Waals surface area (Å²) in [7, 11) is 0. The van der Waals surface area contributed by atoms with Crippen LogP contribution >= 0.6 is 11.8 Å². The normalized spacial score (nSPS) is 11.1. The van der Waals surface area contributed by atoms with Crippen molar-refractivity contribution in [3.8, 4) is 17.1 Å². The maximum absolute atomic E-state index is 12.6. The second-order valence-electron chi connectivity index (χ2n) is 6.42. The second kappa shape index (κ2) is 7.83. The summed E-state index contributed by atoms with van der Waals surface area (Å²) in [6, 6.07) is 17.2. The Hall–Kier alpha value is -2.46. The first-order valence-electron chi connectivity index (χ1n) is 8.73. The Labute approximate surface area is 157 Å². The van der Waals surface area contributed by atoms with E-state index in [0.29, 0.717) is 11.7 Å². The van der Waals surface area contributed by atoms with E-state index in [4.69, 9.17) is 4.42 Å². The minimum atomic E-state index is -0.519. The minimum Gasteiger partial charge on any atom is -0.506 e. The largest absolute Gasteiger partial charge is 0.506 e. The number of aryl methyl sites for hydroxylation is 1. The third-order valence-corrected chi connectivity index (χ3v) is 5.48. The standard InChI is InChI=1S/C22H22O3S/c1-4-15-9-5-6-11-17(15)19-13-18(23)21(22(24)25-19)26-20-12-8-7-10-16(20)14(2)3/h5-14,23H,4H2,1-3H3. The first kappa shape index (κ1) is 18.3. The predicted octanol–water partition coefficient (Wildman–Crippen LogP) is 5.85. The van der Waals surface area contributed by atoms with Crippen molar-refractivity contribution in [3.05, 3.63) is 76.1 Å². The van der Waals surface area contributed by atoms with Gasteiger partial charge in [0.25, 0.3) is 0 Å². The van der Waals surface area contributed by atoms with Crippen molar-refractivity contribution in [2.45, 2.75) is 42.9 Å². The molecule has 3 rings (SSSR count). The van der Waals surface area contributed by atoms with Gasteiger partial charge in [0.15, 0.2) is 0 Å². The van der Waals surface area contributed by atoms with Gasteiger partial charge >= 0.3 is 5.63 Å². The molecule has 0 saturated carbocycles. The molecule has 0 aliphatic carbocycles. The van der Waals surface area contributed by atoms with E-state index in [1.807, 2.05) is 55.5 Å².